The Kier molecular flexibility index (Phi) is 1.90. The summed E-state index contributed by atoms with van der Waals surface area (Å²) in [5.74, 6) is 1.76. The normalized spacial score (nSPS) is 36.8. The Hall–Kier alpha value is -0.0400. The zero-order valence-corrected chi connectivity index (χ0v) is 5.39. The Morgan fingerprint density at radius 3 is 2.62 bits per heavy atom. The van der Waals surface area contributed by atoms with Crippen LogP contribution in [-0.4, -0.2) is 6.61 Å². The quantitative estimate of drug-likeness (QED) is 0.496. The Morgan fingerprint density at radius 2 is 2.25 bits per heavy atom. The summed E-state index contributed by atoms with van der Waals surface area (Å²) in [5, 5.41) is 0. The van der Waals surface area contributed by atoms with Gasteiger partial charge in [0.05, 0.1) is 0 Å². The van der Waals surface area contributed by atoms with Crippen molar-refractivity contribution in [2.45, 2.75) is 19.8 Å². The second kappa shape index (κ2) is 2.49. The third kappa shape index (κ3) is 1.22. The predicted molar refractivity (Wildman–Crippen MR) is 33.2 cm³/mol. The molecule has 1 aliphatic carbocycles. The van der Waals surface area contributed by atoms with Crippen molar-refractivity contribution in [2.75, 3.05) is 6.61 Å². The molecule has 0 N–H and O–H groups in total. The van der Waals surface area contributed by atoms with Crippen LogP contribution in [0.3, 0.4) is 0 Å². The molecule has 0 amide bonds. The highest BCUT2D eigenvalue weighted by Gasteiger charge is 2.23. The minimum atomic E-state index is 0.822. The molecule has 0 aromatic rings. The van der Waals surface area contributed by atoms with Gasteiger partial charge in [-0.15, -0.1) is 0 Å². The summed E-state index contributed by atoms with van der Waals surface area (Å²) in [5.41, 5.74) is 0. The van der Waals surface area contributed by atoms with Gasteiger partial charge in [-0.1, -0.05) is 6.92 Å². The summed E-state index contributed by atoms with van der Waals surface area (Å²) >= 11 is 0. The molecule has 0 aromatic heterocycles. The van der Waals surface area contributed by atoms with Gasteiger partial charge in [0.15, 0.2) is 0 Å². The van der Waals surface area contributed by atoms with Crippen molar-refractivity contribution in [3.63, 3.8) is 0 Å². The van der Waals surface area contributed by atoms with Crippen LogP contribution in [0.1, 0.15) is 19.8 Å². The monoisotopic (exact) mass is 113 g/mol. The van der Waals surface area contributed by atoms with Gasteiger partial charge >= 0.3 is 0 Å². The van der Waals surface area contributed by atoms with Crippen LogP contribution in [0.25, 0.3) is 0 Å². The lowest BCUT2D eigenvalue weighted by Gasteiger charge is -2.33. The molecular weight excluding hydrogens is 100 g/mol. The van der Waals surface area contributed by atoms with E-state index in [1.807, 2.05) is 0 Å². The van der Waals surface area contributed by atoms with Gasteiger partial charge in [-0.3, -0.25) is 0 Å². The third-order valence-electron chi connectivity index (χ3n) is 1.82. The van der Waals surface area contributed by atoms with E-state index >= 15 is 0 Å². The molecule has 0 atom stereocenters. The molecule has 0 aromatic carbocycles. The van der Waals surface area contributed by atoms with Crippen LogP contribution in [0, 0.1) is 18.9 Å². The van der Waals surface area contributed by atoms with Crippen molar-refractivity contribution in [2.24, 2.45) is 11.8 Å². The molecule has 0 aliphatic heterocycles. The second-order valence-electron chi connectivity index (χ2n) is 2.81. The van der Waals surface area contributed by atoms with E-state index in [1.54, 1.807) is 0 Å². The first-order valence-electron chi connectivity index (χ1n) is 3.20. The van der Waals surface area contributed by atoms with Crippen LogP contribution in [0.5, 0.6) is 0 Å². The van der Waals surface area contributed by atoms with Gasteiger partial charge in [0.1, 0.15) is 0 Å². The fraction of sp³-hybridized carbons (Fsp3) is 0.857. The van der Waals surface area contributed by atoms with Crippen molar-refractivity contribution in [3.05, 3.63) is 7.11 Å². The van der Waals surface area contributed by atoms with Crippen molar-refractivity contribution in [1.82, 2.24) is 0 Å². The second-order valence-corrected chi connectivity index (χ2v) is 2.81. The maximum atomic E-state index is 4.74. The van der Waals surface area contributed by atoms with Crippen LogP contribution >= 0.6 is 0 Å². The van der Waals surface area contributed by atoms with Gasteiger partial charge in [-0.05, 0) is 24.7 Å². The Labute approximate surface area is 51.0 Å². The van der Waals surface area contributed by atoms with Gasteiger partial charge in [-0.2, -0.15) is 0 Å². The fourth-order valence-electron chi connectivity index (χ4n) is 1.37. The van der Waals surface area contributed by atoms with E-state index in [1.165, 1.54) is 12.8 Å². The van der Waals surface area contributed by atoms with E-state index in [0.717, 1.165) is 18.4 Å². The molecule has 0 bridgehead atoms. The van der Waals surface area contributed by atoms with E-state index in [0.29, 0.717) is 0 Å². The lowest BCUT2D eigenvalue weighted by Crippen LogP contribution is -2.24. The van der Waals surface area contributed by atoms with Crippen LogP contribution < -0.4 is 0 Å². The maximum Gasteiger partial charge on any atom is 0.0139 e. The number of hydrogen-bond acceptors (Lipinski definition) is 1. The fourth-order valence-corrected chi connectivity index (χ4v) is 1.37. The van der Waals surface area contributed by atoms with Gasteiger partial charge in [-0.25, -0.2) is 7.11 Å². The van der Waals surface area contributed by atoms with Crippen LogP contribution in [0.15, 0.2) is 0 Å². The molecule has 1 heteroatoms. The molecule has 1 fully saturated rings. The molecule has 48 valence electrons. The molecule has 8 heavy (non-hydrogen) atoms. The average molecular weight is 113 g/mol. The lowest BCUT2D eigenvalue weighted by molar-refractivity contribution is 0.100. The summed E-state index contributed by atoms with van der Waals surface area (Å²) in [7, 11) is 3.33. The number of ether oxygens (including phenoxy) is 1. The van der Waals surface area contributed by atoms with E-state index < -0.39 is 0 Å². The minimum Gasteiger partial charge on any atom is -0.555 e. The SMILES string of the molecule is [CH2-]OCC1CC(C)C1. The molecular formula is C7H13O-. The van der Waals surface area contributed by atoms with E-state index in [9.17, 15) is 0 Å². The Morgan fingerprint density at radius 1 is 1.62 bits per heavy atom. The van der Waals surface area contributed by atoms with E-state index in [4.69, 9.17) is 4.74 Å². The summed E-state index contributed by atoms with van der Waals surface area (Å²) < 4.78 is 4.74. The van der Waals surface area contributed by atoms with Crippen LogP contribution in [-0.2, 0) is 4.74 Å². The zero-order valence-electron chi connectivity index (χ0n) is 5.39. The lowest BCUT2D eigenvalue weighted by atomic mass is 9.77. The minimum absolute atomic E-state index is 0.822. The maximum absolute atomic E-state index is 4.74. The third-order valence-corrected chi connectivity index (χ3v) is 1.82. The molecule has 1 nitrogen and oxygen atoms in total. The van der Waals surface area contributed by atoms with Gasteiger partial charge in [0.2, 0.25) is 0 Å². The highest BCUT2D eigenvalue weighted by atomic mass is 16.5. The van der Waals surface area contributed by atoms with Gasteiger partial charge in [0.25, 0.3) is 0 Å². The summed E-state index contributed by atoms with van der Waals surface area (Å²) in [6.07, 6.45) is 2.69. The molecule has 0 saturated heterocycles. The summed E-state index contributed by atoms with van der Waals surface area (Å²) in [6.45, 7) is 3.14. The molecule has 0 spiro atoms. The van der Waals surface area contributed by atoms with Crippen molar-refractivity contribution in [1.29, 1.82) is 0 Å². The van der Waals surface area contributed by atoms with E-state index in [-0.39, 0.29) is 0 Å². The molecule has 0 heterocycles. The van der Waals surface area contributed by atoms with E-state index in [2.05, 4.69) is 14.0 Å². The average Bonchev–Trinajstić information content (AvgIpc) is 1.64. The molecule has 1 aliphatic rings. The standard InChI is InChI=1S/C7H13O/c1-6-3-7(4-6)5-8-2/h6-7H,2-5H2,1H3/q-1. The molecule has 1 rings (SSSR count). The largest absolute Gasteiger partial charge is 0.555 e. The zero-order chi connectivity index (χ0) is 5.98. The molecule has 1 saturated carbocycles. The summed E-state index contributed by atoms with van der Waals surface area (Å²) in [6, 6.07) is 0. The number of rotatable bonds is 2. The number of hydrogen-bond donors (Lipinski definition) is 0. The van der Waals surface area contributed by atoms with Gasteiger partial charge < -0.3 is 4.74 Å². The Bertz CT molecular complexity index is 62.0. The smallest absolute Gasteiger partial charge is 0.0139 e. The highest BCUT2D eigenvalue weighted by molar-refractivity contribution is 4.75. The van der Waals surface area contributed by atoms with Crippen molar-refractivity contribution >= 4 is 0 Å². The first-order chi connectivity index (χ1) is 3.83. The van der Waals surface area contributed by atoms with Gasteiger partial charge in [0, 0.05) is 6.61 Å². The predicted octanol–water partition coefficient (Wildman–Crippen LogP) is 1.84. The first-order valence-corrected chi connectivity index (χ1v) is 3.20. The molecule has 0 radical (unpaired) electrons. The van der Waals surface area contributed by atoms with Crippen LogP contribution in [0.2, 0.25) is 0 Å². The highest BCUT2D eigenvalue weighted by Crippen LogP contribution is 2.32. The van der Waals surface area contributed by atoms with Crippen LogP contribution in [0.4, 0.5) is 0 Å². The van der Waals surface area contributed by atoms with Crippen molar-refractivity contribution in [3.8, 4) is 0 Å². The molecule has 0 unspecified atom stereocenters. The topological polar surface area (TPSA) is 9.23 Å². The first kappa shape index (κ1) is 6.09. The summed E-state index contributed by atoms with van der Waals surface area (Å²) in [4.78, 5) is 0. The Balaban J connectivity index is 1.98. The van der Waals surface area contributed by atoms with Crippen molar-refractivity contribution < 1.29 is 4.74 Å².